The maximum absolute atomic E-state index is 12.7. The molecule has 2 N–H and O–H groups in total. The molecule has 0 aliphatic carbocycles. The van der Waals surface area contributed by atoms with Crippen LogP contribution >= 0.6 is 0 Å². The van der Waals surface area contributed by atoms with Crippen LogP contribution in [0, 0.1) is 0 Å². The Morgan fingerprint density at radius 2 is 2.00 bits per heavy atom. The van der Waals surface area contributed by atoms with E-state index >= 15 is 0 Å². The fraction of sp³-hybridized carbons (Fsp3) is 0.182. The van der Waals surface area contributed by atoms with Crippen LogP contribution in [-0.4, -0.2) is 10.5 Å². The maximum Gasteiger partial charge on any atom is 0.417 e. The molecular weight excluding hydrogens is 233 g/mol. The molecule has 0 bridgehead atoms. The predicted octanol–water partition coefficient (Wildman–Crippen LogP) is 2.15. The zero-order valence-corrected chi connectivity index (χ0v) is 8.66. The summed E-state index contributed by atoms with van der Waals surface area (Å²) in [6.07, 6.45) is -2.98. The number of carbonyl (C=O) groups is 1. The van der Waals surface area contributed by atoms with E-state index < -0.39 is 17.6 Å². The Labute approximate surface area is 94.6 Å². The van der Waals surface area contributed by atoms with E-state index in [1.807, 2.05) is 0 Å². The van der Waals surface area contributed by atoms with Gasteiger partial charge >= 0.3 is 6.18 Å². The number of fused-ring (bicyclic) bond motifs is 1. The Bertz CT molecular complexity index is 572. The predicted molar refractivity (Wildman–Crippen MR) is 56.1 cm³/mol. The average molecular weight is 242 g/mol. The van der Waals surface area contributed by atoms with Crippen molar-refractivity contribution in [3.05, 3.63) is 36.0 Å². The minimum atomic E-state index is -4.40. The third-order valence-corrected chi connectivity index (χ3v) is 2.45. The Morgan fingerprint density at radius 1 is 1.29 bits per heavy atom. The highest BCUT2D eigenvalue weighted by molar-refractivity contribution is 5.86. The van der Waals surface area contributed by atoms with Crippen molar-refractivity contribution in [2.45, 2.75) is 12.7 Å². The topological polar surface area (TPSA) is 48.0 Å². The van der Waals surface area contributed by atoms with Crippen molar-refractivity contribution in [1.29, 1.82) is 0 Å². The molecule has 1 aromatic heterocycles. The maximum atomic E-state index is 12.7. The molecule has 0 atom stereocenters. The first-order valence-electron chi connectivity index (χ1n) is 4.83. The highest BCUT2D eigenvalue weighted by Crippen LogP contribution is 2.34. The molecule has 6 heteroatoms. The second-order valence-electron chi connectivity index (χ2n) is 3.65. The van der Waals surface area contributed by atoms with Crippen LogP contribution in [0.25, 0.3) is 10.9 Å². The van der Waals surface area contributed by atoms with E-state index in [4.69, 9.17) is 5.73 Å². The lowest BCUT2D eigenvalue weighted by Gasteiger charge is -2.08. The summed E-state index contributed by atoms with van der Waals surface area (Å²) in [4.78, 5) is 10.8. The number of halogens is 3. The van der Waals surface area contributed by atoms with Crippen molar-refractivity contribution in [3.63, 3.8) is 0 Å². The molecule has 1 heterocycles. The molecule has 0 fully saturated rings. The van der Waals surface area contributed by atoms with Gasteiger partial charge in [-0.2, -0.15) is 13.2 Å². The van der Waals surface area contributed by atoms with E-state index in [2.05, 4.69) is 0 Å². The van der Waals surface area contributed by atoms with Gasteiger partial charge in [-0.25, -0.2) is 0 Å². The lowest BCUT2D eigenvalue weighted by Crippen LogP contribution is -2.18. The molecule has 1 amide bonds. The van der Waals surface area contributed by atoms with E-state index in [9.17, 15) is 18.0 Å². The van der Waals surface area contributed by atoms with Crippen molar-refractivity contribution in [3.8, 4) is 0 Å². The monoisotopic (exact) mass is 242 g/mol. The quantitative estimate of drug-likeness (QED) is 0.861. The van der Waals surface area contributed by atoms with Crippen molar-refractivity contribution in [2.75, 3.05) is 0 Å². The molecular formula is C11H9F3N2O. The van der Waals surface area contributed by atoms with E-state index in [1.54, 1.807) is 0 Å². The van der Waals surface area contributed by atoms with E-state index in [-0.39, 0.29) is 11.9 Å². The minimum absolute atomic E-state index is 0.0706. The van der Waals surface area contributed by atoms with Gasteiger partial charge in [0.25, 0.3) is 0 Å². The fourth-order valence-electron chi connectivity index (χ4n) is 1.78. The summed E-state index contributed by atoms with van der Waals surface area (Å²) in [7, 11) is 0. The molecule has 0 radical (unpaired) electrons. The number of rotatable bonds is 2. The van der Waals surface area contributed by atoms with Crippen LogP contribution in [0.1, 0.15) is 5.56 Å². The zero-order chi connectivity index (χ0) is 12.6. The van der Waals surface area contributed by atoms with Gasteiger partial charge in [-0.15, -0.1) is 0 Å². The summed E-state index contributed by atoms with van der Waals surface area (Å²) in [6, 6.07) is 5.17. The van der Waals surface area contributed by atoms with E-state index in [0.717, 1.165) is 6.07 Å². The standard InChI is InChI=1S/C11H9F3N2O/c12-11(13,14)8-2-1-3-9-7(8)4-5-16(9)6-10(15)17/h1-5H,6H2,(H2,15,17). The number of amides is 1. The number of alkyl halides is 3. The number of nitrogens with zero attached hydrogens (tertiary/aromatic N) is 1. The fourth-order valence-corrected chi connectivity index (χ4v) is 1.78. The third-order valence-electron chi connectivity index (χ3n) is 2.45. The normalized spacial score (nSPS) is 11.9. The molecule has 17 heavy (non-hydrogen) atoms. The molecule has 0 aliphatic heterocycles. The number of benzene rings is 1. The van der Waals surface area contributed by atoms with Crippen LogP contribution in [0.5, 0.6) is 0 Å². The summed E-state index contributed by atoms with van der Waals surface area (Å²) >= 11 is 0. The lowest BCUT2D eigenvalue weighted by molar-refractivity contribution is -0.136. The molecule has 0 saturated carbocycles. The molecule has 3 nitrogen and oxygen atoms in total. The number of carbonyl (C=O) groups excluding carboxylic acids is 1. The molecule has 2 rings (SSSR count). The minimum Gasteiger partial charge on any atom is -0.368 e. The van der Waals surface area contributed by atoms with Gasteiger partial charge in [-0.05, 0) is 18.2 Å². The van der Waals surface area contributed by atoms with Gasteiger partial charge in [0.1, 0.15) is 6.54 Å². The number of hydrogen-bond donors (Lipinski definition) is 1. The lowest BCUT2D eigenvalue weighted by atomic mass is 10.1. The summed E-state index contributed by atoms with van der Waals surface area (Å²) in [5, 5.41) is 0.0706. The van der Waals surface area contributed by atoms with Crippen molar-refractivity contribution < 1.29 is 18.0 Å². The zero-order valence-electron chi connectivity index (χ0n) is 8.66. The molecule has 0 unspecified atom stereocenters. The van der Waals surface area contributed by atoms with Gasteiger partial charge in [0.2, 0.25) is 5.91 Å². The highest BCUT2D eigenvalue weighted by atomic mass is 19.4. The summed E-state index contributed by atoms with van der Waals surface area (Å²) < 4.78 is 39.5. The molecule has 2 aromatic rings. The summed E-state index contributed by atoms with van der Waals surface area (Å²) in [5.74, 6) is -0.597. The van der Waals surface area contributed by atoms with Crippen LogP contribution in [0.3, 0.4) is 0 Å². The van der Waals surface area contributed by atoms with Crippen LogP contribution < -0.4 is 5.73 Å². The first kappa shape index (κ1) is 11.5. The highest BCUT2D eigenvalue weighted by Gasteiger charge is 2.32. The number of primary amides is 1. The molecule has 0 spiro atoms. The third kappa shape index (κ3) is 2.11. The molecule has 1 aromatic carbocycles. The van der Waals surface area contributed by atoms with Crippen LogP contribution in [0.2, 0.25) is 0 Å². The van der Waals surface area contributed by atoms with Crippen molar-refractivity contribution in [1.82, 2.24) is 4.57 Å². The molecule has 90 valence electrons. The average Bonchev–Trinajstić information content (AvgIpc) is 2.59. The molecule has 0 saturated heterocycles. The largest absolute Gasteiger partial charge is 0.417 e. The Balaban J connectivity index is 2.61. The SMILES string of the molecule is NC(=O)Cn1ccc2c(C(F)(F)F)cccc21. The Hall–Kier alpha value is -1.98. The van der Waals surface area contributed by atoms with Gasteiger partial charge in [-0.1, -0.05) is 6.07 Å². The first-order chi connectivity index (χ1) is 7.89. The van der Waals surface area contributed by atoms with Crippen molar-refractivity contribution in [2.24, 2.45) is 5.73 Å². The summed E-state index contributed by atoms with van der Waals surface area (Å²) in [6.45, 7) is -0.134. The van der Waals surface area contributed by atoms with Crippen LogP contribution in [0.15, 0.2) is 30.5 Å². The smallest absolute Gasteiger partial charge is 0.368 e. The van der Waals surface area contributed by atoms with Crippen LogP contribution in [0.4, 0.5) is 13.2 Å². The number of aromatic nitrogens is 1. The van der Waals surface area contributed by atoms with Gasteiger partial charge in [0.05, 0.1) is 5.56 Å². The second kappa shape index (κ2) is 3.80. The number of nitrogens with two attached hydrogens (primary N) is 1. The van der Waals surface area contributed by atoms with Crippen molar-refractivity contribution >= 4 is 16.8 Å². The Kier molecular flexibility index (Phi) is 2.57. The molecule has 0 aliphatic rings. The van der Waals surface area contributed by atoms with E-state index in [1.165, 1.54) is 29.0 Å². The first-order valence-corrected chi connectivity index (χ1v) is 4.83. The van der Waals surface area contributed by atoms with Crippen LogP contribution in [-0.2, 0) is 17.5 Å². The Morgan fingerprint density at radius 3 is 2.59 bits per heavy atom. The second-order valence-corrected chi connectivity index (χ2v) is 3.65. The summed E-state index contributed by atoms with van der Waals surface area (Å²) in [5.41, 5.74) is 4.65. The van der Waals surface area contributed by atoms with Gasteiger partial charge < -0.3 is 10.3 Å². The van der Waals surface area contributed by atoms with Gasteiger partial charge in [-0.3, -0.25) is 4.79 Å². The van der Waals surface area contributed by atoms with Gasteiger partial charge in [0, 0.05) is 17.1 Å². The van der Waals surface area contributed by atoms with E-state index in [0.29, 0.717) is 5.52 Å². The number of hydrogen-bond acceptors (Lipinski definition) is 1. The van der Waals surface area contributed by atoms with Gasteiger partial charge in [0.15, 0.2) is 0 Å².